The van der Waals surface area contributed by atoms with Crippen molar-refractivity contribution in [2.75, 3.05) is 19.6 Å². The van der Waals surface area contributed by atoms with Crippen molar-refractivity contribution in [3.8, 4) is 0 Å². The van der Waals surface area contributed by atoms with Gasteiger partial charge in [-0.15, -0.1) is 0 Å². The SMILES string of the molecule is CCCCCCCCCCCCCN(CC(=O)NCC(N)=O)C(=O)OC(C)(C)C. The third-order valence-corrected chi connectivity index (χ3v) is 4.48. The maximum Gasteiger partial charge on any atom is 0.410 e. The monoisotopic (exact) mass is 413 g/mol. The summed E-state index contributed by atoms with van der Waals surface area (Å²) in [5.41, 5.74) is 4.41. The fourth-order valence-corrected chi connectivity index (χ4v) is 2.94. The van der Waals surface area contributed by atoms with E-state index in [1.807, 2.05) is 0 Å². The van der Waals surface area contributed by atoms with Crippen LogP contribution in [0.3, 0.4) is 0 Å². The van der Waals surface area contributed by atoms with Crippen LogP contribution >= 0.6 is 0 Å². The highest BCUT2D eigenvalue weighted by Gasteiger charge is 2.23. The summed E-state index contributed by atoms with van der Waals surface area (Å²) in [4.78, 5) is 36.5. The minimum atomic E-state index is -0.629. The molecule has 0 aliphatic heterocycles. The highest BCUT2D eigenvalue weighted by molar-refractivity contribution is 5.86. The standard InChI is InChI=1S/C22H43N3O4/c1-5-6-7-8-9-10-11-12-13-14-15-16-25(21(28)29-22(2,3)4)18-20(27)24-17-19(23)26/h5-18H2,1-4H3,(H2,23,26)(H,24,27). The van der Waals surface area contributed by atoms with Gasteiger partial charge in [0.05, 0.1) is 6.54 Å². The van der Waals surface area contributed by atoms with Crippen molar-refractivity contribution in [1.29, 1.82) is 0 Å². The zero-order valence-electron chi connectivity index (χ0n) is 19.1. The molecular weight excluding hydrogens is 370 g/mol. The van der Waals surface area contributed by atoms with Gasteiger partial charge < -0.3 is 15.8 Å². The van der Waals surface area contributed by atoms with E-state index in [1.165, 1.54) is 56.3 Å². The Labute approximate surface area is 177 Å². The Morgan fingerprint density at radius 2 is 1.34 bits per heavy atom. The first kappa shape index (κ1) is 27.2. The lowest BCUT2D eigenvalue weighted by Crippen LogP contribution is -2.45. The van der Waals surface area contributed by atoms with Crippen molar-refractivity contribution in [2.24, 2.45) is 5.73 Å². The van der Waals surface area contributed by atoms with Gasteiger partial charge in [0.1, 0.15) is 12.1 Å². The molecule has 0 aromatic carbocycles. The van der Waals surface area contributed by atoms with Gasteiger partial charge in [-0.25, -0.2) is 4.79 Å². The molecule has 0 bridgehead atoms. The summed E-state index contributed by atoms with van der Waals surface area (Å²) < 4.78 is 5.39. The van der Waals surface area contributed by atoms with E-state index in [1.54, 1.807) is 20.8 Å². The number of hydrogen-bond donors (Lipinski definition) is 2. The molecule has 0 aromatic rings. The lowest BCUT2D eigenvalue weighted by Gasteiger charge is -2.27. The van der Waals surface area contributed by atoms with Gasteiger partial charge in [-0.3, -0.25) is 14.5 Å². The third kappa shape index (κ3) is 18.0. The van der Waals surface area contributed by atoms with Crippen LogP contribution in [0.1, 0.15) is 98.3 Å². The Bertz CT molecular complexity index is 475. The second kappa shape index (κ2) is 16.1. The van der Waals surface area contributed by atoms with Crippen molar-refractivity contribution >= 4 is 17.9 Å². The largest absolute Gasteiger partial charge is 0.444 e. The molecule has 0 heterocycles. The average Bonchev–Trinajstić information content (AvgIpc) is 2.62. The van der Waals surface area contributed by atoms with Crippen LogP contribution in [0.5, 0.6) is 0 Å². The first-order chi connectivity index (χ1) is 13.7. The maximum absolute atomic E-state index is 12.4. The zero-order chi connectivity index (χ0) is 22.1. The molecule has 0 spiro atoms. The summed E-state index contributed by atoms with van der Waals surface area (Å²) in [6.07, 6.45) is 12.9. The van der Waals surface area contributed by atoms with E-state index in [9.17, 15) is 14.4 Å². The number of primary amides is 1. The second-order valence-corrected chi connectivity index (χ2v) is 8.68. The summed E-state index contributed by atoms with van der Waals surface area (Å²) >= 11 is 0. The molecule has 0 unspecified atom stereocenters. The fourth-order valence-electron chi connectivity index (χ4n) is 2.94. The minimum absolute atomic E-state index is 0.139. The molecule has 0 saturated heterocycles. The van der Waals surface area contributed by atoms with E-state index in [4.69, 9.17) is 10.5 Å². The molecule has 0 aliphatic carbocycles. The molecular formula is C22H43N3O4. The summed E-state index contributed by atoms with van der Waals surface area (Å²) in [7, 11) is 0. The number of nitrogens with two attached hydrogens (primary N) is 1. The molecule has 0 rings (SSSR count). The van der Waals surface area contributed by atoms with Gasteiger partial charge in [0.2, 0.25) is 11.8 Å². The van der Waals surface area contributed by atoms with Gasteiger partial charge in [-0.2, -0.15) is 0 Å². The van der Waals surface area contributed by atoms with Crippen LogP contribution < -0.4 is 11.1 Å². The normalized spacial score (nSPS) is 11.2. The molecule has 3 N–H and O–H groups in total. The van der Waals surface area contributed by atoms with Crippen LogP contribution in [0.15, 0.2) is 0 Å². The number of hydrogen-bond acceptors (Lipinski definition) is 4. The summed E-state index contributed by atoms with van der Waals surface area (Å²) in [6.45, 7) is 7.68. The number of ether oxygens (including phenoxy) is 1. The van der Waals surface area contributed by atoms with Gasteiger partial charge in [0, 0.05) is 6.54 Å². The number of amides is 3. The van der Waals surface area contributed by atoms with Gasteiger partial charge in [-0.1, -0.05) is 71.1 Å². The zero-order valence-corrected chi connectivity index (χ0v) is 19.1. The Hall–Kier alpha value is -1.79. The van der Waals surface area contributed by atoms with Crippen LogP contribution in [0.2, 0.25) is 0 Å². The molecule has 29 heavy (non-hydrogen) atoms. The smallest absolute Gasteiger partial charge is 0.410 e. The first-order valence-corrected chi connectivity index (χ1v) is 11.2. The predicted octanol–water partition coefficient (Wildman–Crippen LogP) is 4.14. The Kier molecular flexibility index (Phi) is 15.1. The van der Waals surface area contributed by atoms with Crippen molar-refractivity contribution < 1.29 is 19.1 Å². The summed E-state index contributed by atoms with van der Waals surface area (Å²) in [6, 6.07) is 0. The number of nitrogens with one attached hydrogen (secondary N) is 1. The van der Waals surface area contributed by atoms with E-state index < -0.39 is 23.5 Å². The predicted molar refractivity (Wildman–Crippen MR) is 116 cm³/mol. The topological polar surface area (TPSA) is 102 Å². The van der Waals surface area contributed by atoms with Gasteiger partial charge in [-0.05, 0) is 27.2 Å². The van der Waals surface area contributed by atoms with Crippen LogP contribution in [0, 0.1) is 0 Å². The van der Waals surface area contributed by atoms with Gasteiger partial charge >= 0.3 is 6.09 Å². The minimum Gasteiger partial charge on any atom is -0.444 e. The van der Waals surface area contributed by atoms with Gasteiger partial charge in [0.15, 0.2) is 0 Å². The molecule has 0 saturated carbocycles. The van der Waals surface area contributed by atoms with Crippen LogP contribution in [0.4, 0.5) is 4.79 Å². The lowest BCUT2D eigenvalue weighted by molar-refractivity contribution is -0.125. The Morgan fingerprint density at radius 1 is 0.862 bits per heavy atom. The highest BCUT2D eigenvalue weighted by Crippen LogP contribution is 2.13. The maximum atomic E-state index is 12.4. The molecule has 7 heteroatoms. The molecule has 0 fully saturated rings. The fraction of sp³-hybridized carbons (Fsp3) is 0.864. The quantitative estimate of drug-likeness (QED) is 0.371. The molecule has 3 amide bonds. The number of rotatable bonds is 16. The molecule has 0 atom stereocenters. The second-order valence-electron chi connectivity index (χ2n) is 8.68. The number of nitrogens with zero attached hydrogens (tertiary/aromatic N) is 1. The van der Waals surface area contributed by atoms with Crippen molar-refractivity contribution in [3.63, 3.8) is 0 Å². The van der Waals surface area contributed by atoms with E-state index in [0.717, 1.165) is 19.3 Å². The highest BCUT2D eigenvalue weighted by atomic mass is 16.6. The number of carbonyl (C=O) groups excluding carboxylic acids is 3. The van der Waals surface area contributed by atoms with E-state index >= 15 is 0 Å². The van der Waals surface area contributed by atoms with E-state index in [2.05, 4.69) is 12.2 Å². The molecule has 7 nitrogen and oxygen atoms in total. The van der Waals surface area contributed by atoms with E-state index in [0.29, 0.717) is 6.54 Å². The van der Waals surface area contributed by atoms with Crippen LogP contribution in [-0.4, -0.2) is 48.0 Å². The van der Waals surface area contributed by atoms with Crippen LogP contribution in [0.25, 0.3) is 0 Å². The summed E-state index contributed by atoms with van der Waals surface area (Å²) in [5, 5.41) is 2.41. The molecule has 170 valence electrons. The number of carbonyl (C=O) groups is 3. The van der Waals surface area contributed by atoms with Crippen molar-refractivity contribution in [3.05, 3.63) is 0 Å². The first-order valence-electron chi connectivity index (χ1n) is 11.2. The Balaban J connectivity index is 4.15. The molecule has 0 radical (unpaired) electrons. The molecule has 0 aliphatic rings. The van der Waals surface area contributed by atoms with E-state index in [-0.39, 0.29) is 13.1 Å². The lowest BCUT2D eigenvalue weighted by atomic mass is 10.1. The van der Waals surface area contributed by atoms with Crippen LogP contribution in [-0.2, 0) is 14.3 Å². The average molecular weight is 414 g/mol. The number of unbranched alkanes of at least 4 members (excludes halogenated alkanes) is 10. The van der Waals surface area contributed by atoms with Crippen molar-refractivity contribution in [1.82, 2.24) is 10.2 Å². The summed E-state index contributed by atoms with van der Waals surface area (Å²) in [5.74, 6) is -1.04. The van der Waals surface area contributed by atoms with Gasteiger partial charge in [0.25, 0.3) is 0 Å². The third-order valence-electron chi connectivity index (χ3n) is 4.48. The Morgan fingerprint density at radius 3 is 1.79 bits per heavy atom. The van der Waals surface area contributed by atoms with Crippen molar-refractivity contribution in [2.45, 2.75) is 104 Å². The molecule has 0 aromatic heterocycles.